The summed E-state index contributed by atoms with van der Waals surface area (Å²) in [6.45, 7) is 1.29. The Morgan fingerprint density at radius 3 is 2.90 bits per heavy atom. The molecule has 1 N–H and O–H groups in total. The zero-order valence-corrected chi connectivity index (χ0v) is 13.9. The first-order chi connectivity index (χ1) is 9.81. The number of halogens is 1. The van der Waals surface area contributed by atoms with Crippen LogP contribution in [0.4, 0.5) is 0 Å². The first-order valence-corrected chi connectivity index (χ1v) is 8.88. The molecular weight excluding hydrogens is 365 g/mol. The van der Waals surface area contributed by atoms with Crippen LogP contribution in [0.15, 0.2) is 24.3 Å². The number of fused-ring (bicyclic) bond motifs is 1. The third-order valence-electron chi connectivity index (χ3n) is 3.61. The van der Waals surface area contributed by atoms with Gasteiger partial charge in [-0.05, 0) is 35.3 Å². The highest BCUT2D eigenvalue weighted by molar-refractivity contribution is 14.1. The lowest BCUT2D eigenvalue weighted by molar-refractivity contribution is -0.126. The molecule has 3 nitrogen and oxygen atoms in total. The maximum absolute atomic E-state index is 12.1. The zero-order chi connectivity index (χ0) is 14.2. The van der Waals surface area contributed by atoms with E-state index in [1.165, 1.54) is 23.7 Å². The zero-order valence-electron chi connectivity index (χ0n) is 11.7. The molecule has 1 aliphatic rings. The van der Waals surface area contributed by atoms with E-state index in [4.69, 9.17) is 4.74 Å². The fraction of sp³-hybridized carbons (Fsp3) is 0.562. The first-order valence-electron chi connectivity index (χ1n) is 7.35. The predicted molar refractivity (Wildman–Crippen MR) is 89.5 cm³/mol. The summed E-state index contributed by atoms with van der Waals surface area (Å²) in [5.41, 5.74) is 1.14. The van der Waals surface area contributed by atoms with E-state index < -0.39 is 0 Å². The Bertz CT molecular complexity index is 436. The van der Waals surface area contributed by atoms with Crippen molar-refractivity contribution in [2.24, 2.45) is 5.92 Å². The van der Waals surface area contributed by atoms with Gasteiger partial charge in [0, 0.05) is 6.54 Å². The summed E-state index contributed by atoms with van der Waals surface area (Å²) in [5, 5.41) is 3.04. The number of rotatable bonds is 7. The molecule has 0 fully saturated rings. The van der Waals surface area contributed by atoms with Gasteiger partial charge in [0.1, 0.15) is 12.4 Å². The van der Waals surface area contributed by atoms with E-state index in [0.717, 1.165) is 30.7 Å². The maximum atomic E-state index is 12.1. The summed E-state index contributed by atoms with van der Waals surface area (Å²) >= 11 is 2.41. The van der Waals surface area contributed by atoms with E-state index in [9.17, 15) is 4.79 Å². The Kier molecular flexibility index (Phi) is 6.63. The molecule has 2 rings (SSSR count). The largest absolute Gasteiger partial charge is 0.492 e. The quantitative estimate of drug-likeness (QED) is 0.443. The van der Waals surface area contributed by atoms with Gasteiger partial charge < -0.3 is 10.1 Å². The maximum Gasteiger partial charge on any atom is 0.226 e. The van der Waals surface area contributed by atoms with Crippen LogP contribution in [0.2, 0.25) is 0 Å². The number of carbonyl (C=O) groups excluding carboxylic acids is 1. The summed E-state index contributed by atoms with van der Waals surface area (Å²) < 4.78 is 6.88. The van der Waals surface area contributed by atoms with E-state index in [2.05, 4.69) is 27.9 Å². The molecule has 1 heterocycles. The van der Waals surface area contributed by atoms with Crippen molar-refractivity contribution in [1.82, 2.24) is 5.32 Å². The lowest BCUT2D eigenvalue weighted by atomic mass is 9.96. The van der Waals surface area contributed by atoms with Gasteiger partial charge in [0.25, 0.3) is 0 Å². The van der Waals surface area contributed by atoms with E-state index in [1.54, 1.807) is 0 Å². The molecule has 110 valence electrons. The molecule has 0 radical (unpaired) electrons. The Labute approximate surface area is 134 Å². The second-order valence-electron chi connectivity index (χ2n) is 5.21. The highest BCUT2D eigenvalue weighted by atomic mass is 127. The summed E-state index contributed by atoms with van der Waals surface area (Å²) in [6.07, 6.45) is 5.61. The number of unbranched alkanes of at least 4 members (excludes halogenated alkanes) is 3. The number of nitrogens with one attached hydrogen (secondary N) is 1. The van der Waals surface area contributed by atoms with Crippen LogP contribution in [0.5, 0.6) is 5.75 Å². The third kappa shape index (κ3) is 4.65. The highest BCUT2D eigenvalue weighted by Gasteiger charge is 2.25. The van der Waals surface area contributed by atoms with Gasteiger partial charge in [-0.3, -0.25) is 4.79 Å². The number of amides is 1. The summed E-state index contributed by atoms with van der Waals surface area (Å²) in [5.74, 6) is 1.02. The van der Waals surface area contributed by atoms with Gasteiger partial charge >= 0.3 is 0 Å². The molecule has 1 aromatic carbocycles. The van der Waals surface area contributed by atoms with Crippen molar-refractivity contribution in [2.45, 2.75) is 32.1 Å². The minimum absolute atomic E-state index is 0.0424. The topological polar surface area (TPSA) is 38.3 Å². The van der Waals surface area contributed by atoms with Crippen molar-refractivity contribution in [1.29, 1.82) is 0 Å². The molecule has 1 amide bonds. The molecule has 4 heteroatoms. The molecule has 0 aromatic heterocycles. The van der Waals surface area contributed by atoms with Gasteiger partial charge in [-0.2, -0.15) is 0 Å². The molecule has 1 atom stereocenters. The van der Waals surface area contributed by atoms with Gasteiger partial charge in [-0.15, -0.1) is 0 Å². The van der Waals surface area contributed by atoms with Crippen LogP contribution in [0.1, 0.15) is 31.2 Å². The van der Waals surface area contributed by atoms with Crippen LogP contribution in [0.25, 0.3) is 0 Å². The number of para-hydroxylation sites is 1. The number of carbonyl (C=O) groups is 1. The summed E-state index contributed by atoms with van der Waals surface area (Å²) in [6, 6.07) is 7.97. The van der Waals surface area contributed by atoms with E-state index in [0.29, 0.717) is 6.61 Å². The fourth-order valence-electron chi connectivity index (χ4n) is 2.43. The average molecular weight is 387 g/mol. The van der Waals surface area contributed by atoms with Gasteiger partial charge in [0.05, 0.1) is 5.92 Å². The number of benzene rings is 1. The van der Waals surface area contributed by atoms with E-state index in [1.807, 2.05) is 24.3 Å². The van der Waals surface area contributed by atoms with Crippen LogP contribution in [-0.4, -0.2) is 23.5 Å². The lowest BCUT2D eigenvalue weighted by Gasteiger charge is -2.24. The van der Waals surface area contributed by atoms with E-state index >= 15 is 0 Å². The van der Waals surface area contributed by atoms with Gasteiger partial charge in [0.2, 0.25) is 5.91 Å². The van der Waals surface area contributed by atoms with Crippen molar-refractivity contribution in [3.63, 3.8) is 0 Å². The molecule has 1 aromatic rings. The SMILES string of the molecule is O=C(NCCCCCCI)C1COc2ccccc2C1. The Hall–Kier alpha value is -0.780. The minimum Gasteiger partial charge on any atom is -0.492 e. The Morgan fingerprint density at radius 2 is 2.05 bits per heavy atom. The van der Waals surface area contributed by atoms with Crippen molar-refractivity contribution in [3.8, 4) is 5.75 Å². The molecule has 0 spiro atoms. The van der Waals surface area contributed by atoms with Crippen molar-refractivity contribution < 1.29 is 9.53 Å². The molecule has 0 bridgehead atoms. The summed E-state index contributed by atoms with van der Waals surface area (Å²) in [7, 11) is 0. The number of ether oxygens (including phenoxy) is 1. The second-order valence-corrected chi connectivity index (χ2v) is 6.29. The predicted octanol–water partition coefficient (Wildman–Crippen LogP) is 3.35. The standard InChI is InChI=1S/C16H22INO2/c17-9-5-1-2-6-10-18-16(19)14-11-13-7-3-4-8-15(13)20-12-14/h3-4,7-8,14H,1-2,5-6,9-12H2,(H,18,19). The van der Waals surface area contributed by atoms with Crippen molar-refractivity contribution in [3.05, 3.63) is 29.8 Å². The Balaban J connectivity index is 1.69. The first kappa shape index (κ1) is 15.6. The Morgan fingerprint density at radius 1 is 1.25 bits per heavy atom. The number of alkyl halides is 1. The molecule has 20 heavy (non-hydrogen) atoms. The van der Waals surface area contributed by atoms with Crippen LogP contribution in [0, 0.1) is 5.92 Å². The lowest BCUT2D eigenvalue weighted by Crippen LogP contribution is -2.37. The van der Waals surface area contributed by atoms with Gasteiger partial charge in [-0.1, -0.05) is 53.6 Å². The van der Waals surface area contributed by atoms with Crippen molar-refractivity contribution >= 4 is 28.5 Å². The van der Waals surface area contributed by atoms with E-state index in [-0.39, 0.29) is 11.8 Å². The molecule has 0 aliphatic carbocycles. The average Bonchev–Trinajstić information content (AvgIpc) is 2.50. The smallest absolute Gasteiger partial charge is 0.226 e. The van der Waals surface area contributed by atoms with Gasteiger partial charge in [-0.25, -0.2) is 0 Å². The highest BCUT2D eigenvalue weighted by Crippen LogP contribution is 2.26. The molecule has 0 saturated heterocycles. The van der Waals surface area contributed by atoms with Crippen molar-refractivity contribution in [2.75, 3.05) is 17.6 Å². The fourth-order valence-corrected chi connectivity index (χ4v) is 2.96. The van der Waals surface area contributed by atoms with Crippen LogP contribution >= 0.6 is 22.6 Å². The number of hydrogen-bond acceptors (Lipinski definition) is 2. The van der Waals surface area contributed by atoms with Gasteiger partial charge in [0.15, 0.2) is 0 Å². The van der Waals surface area contributed by atoms with Crippen LogP contribution in [-0.2, 0) is 11.2 Å². The minimum atomic E-state index is -0.0424. The molecule has 1 aliphatic heterocycles. The summed E-state index contributed by atoms with van der Waals surface area (Å²) in [4.78, 5) is 12.1. The van der Waals surface area contributed by atoms with Crippen LogP contribution < -0.4 is 10.1 Å². The molecule has 0 saturated carbocycles. The molecular formula is C16H22INO2. The molecule has 1 unspecified atom stereocenters. The number of hydrogen-bond donors (Lipinski definition) is 1. The van der Waals surface area contributed by atoms with Crippen LogP contribution in [0.3, 0.4) is 0 Å². The third-order valence-corrected chi connectivity index (χ3v) is 4.37. The normalized spacial score (nSPS) is 17.1. The monoisotopic (exact) mass is 387 g/mol. The second kappa shape index (κ2) is 8.49.